The molecule has 2 heterocycles. The Morgan fingerprint density at radius 2 is 1.75 bits per heavy atom. The molecule has 2 aromatic carbocycles. The minimum absolute atomic E-state index is 0.00896. The number of amides is 1. The van der Waals surface area contributed by atoms with Crippen LogP contribution in [0, 0.1) is 5.92 Å². The van der Waals surface area contributed by atoms with Crippen LogP contribution < -0.4 is 10.2 Å². The summed E-state index contributed by atoms with van der Waals surface area (Å²) in [5.41, 5.74) is 3.76. The van der Waals surface area contributed by atoms with Gasteiger partial charge in [0.25, 0.3) is 0 Å². The van der Waals surface area contributed by atoms with Crippen molar-refractivity contribution in [3.8, 4) is 11.1 Å². The number of rotatable bonds is 5. The lowest BCUT2D eigenvalue weighted by Gasteiger charge is -2.34. The number of anilines is 2. The maximum atomic E-state index is 13.0. The van der Waals surface area contributed by atoms with Crippen molar-refractivity contribution in [2.24, 2.45) is 5.92 Å². The number of ketones is 2. The first kappa shape index (κ1) is 21.4. The van der Waals surface area contributed by atoms with E-state index >= 15 is 0 Å². The lowest BCUT2D eigenvalue weighted by atomic mass is 9.91. The number of aromatic nitrogens is 1. The van der Waals surface area contributed by atoms with Crippen molar-refractivity contribution >= 4 is 29.0 Å². The van der Waals surface area contributed by atoms with Gasteiger partial charge >= 0.3 is 0 Å². The van der Waals surface area contributed by atoms with E-state index in [4.69, 9.17) is 0 Å². The number of pyridine rings is 1. The van der Waals surface area contributed by atoms with Crippen molar-refractivity contribution in [3.05, 3.63) is 78.0 Å². The van der Waals surface area contributed by atoms with E-state index in [1.165, 1.54) is 0 Å². The van der Waals surface area contributed by atoms with E-state index in [1.807, 2.05) is 61.2 Å². The summed E-state index contributed by atoms with van der Waals surface area (Å²) < 4.78 is 0. The Kier molecular flexibility index (Phi) is 5.86. The van der Waals surface area contributed by atoms with E-state index in [2.05, 4.69) is 10.3 Å². The van der Waals surface area contributed by atoms with Gasteiger partial charge in [0, 0.05) is 30.0 Å². The Morgan fingerprint density at radius 3 is 2.47 bits per heavy atom. The number of nitrogens with zero attached hydrogens (tertiary/aromatic N) is 2. The second kappa shape index (κ2) is 8.75. The molecule has 6 heteroatoms. The standard InChI is InChI=1S/C26H25N3O3/c1-16(2)28-26(32)23-15-29(25-22(24(23)31)11-6-12-27-25)21-10-5-9-20(14-21)19-8-4-7-18(13-19)17(3)30/h4-14,16,23H,15H2,1-3H3,(H,28,32). The quantitative estimate of drug-likeness (QED) is 0.481. The summed E-state index contributed by atoms with van der Waals surface area (Å²) in [5.74, 6) is -0.767. The zero-order valence-electron chi connectivity index (χ0n) is 18.3. The van der Waals surface area contributed by atoms with Gasteiger partial charge in [-0.25, -0.2) is 4.98 Å². The highest BCUT2D eigenvalue weighted by Gasteiger charge is 2.38. The molecule has 6 nitrogen and oxygen atoms in total. The number of carbonyl (C=O) groups is 3. The van der Waals surface area contributed by atoms with Gasteiger partial charge < -0.3 is 10.2 Å². The fourth-order valence-corrected chi connectivity index (χ4v) is 3.93. The number of hydrogen-bond acceptors (Lipinski definition) is 5. The van der Waals surface area contributed by atoms with E-state index in [1.54, 1.807) is 31.3 Å². The van der Waals surface area contributed by atoms with Crippen molar-refractivity contribution < 1.29 is 14.4 Å². The van der Waals surface area contributed by atoms with Gasteiger partial charge in [0.15, 0.2) is 11.6 Å². The van der Waals surface area contributed by atoms with Gasteiger partial charge in [0.1, 0.15) is 11.7 Å². The second-order valence-corrected chi connectivity index (χ2v) is 8.25. The molecule has 0 saturated heterocycles. The fourth-order valence-electron chi connectivity index (χ4n) is 3.93. The lowest BCUT2D eigenvalue weighted by molar-refractivity contribution is -0.123. The summed E-state index contributed by atoms with van der Waals surface area (Å²) in [5, 5.41) is 2.86. The minimum Gasteiger partial charge on any atom is -0.353 e. The van der Waals surface area contributed by atoms with Crippen molar-refractivity contribution in [2.75, 3.05) is 11.4 Å². The van der Waals surface area contributed by atoms with Crippen LogP contribution >= 0.6 is 0 Å². The summed E-state index contributed by atoms with van der Waals surface area (Å²) in [6, 6.07) is 18.7. The molecule has 0 fully saturated rings. The molecule has 0 saturated carbocycles. The van der Waals surface area contributed by atoms with E-state index in [0.29, 0.717) is 16.9 Å². The smallest absolute Gasteiger partial charge is 0.232 e. The molecule has 32 heavy (non-hydrogen) atoms. The number of nitrogens with one attached hydrogen (secondary N) is 1. The zero-order chi connectivity index (χ0) is 22.8. The molecular weight excluding hydrogens is 402 g/mol. The summed E-state index contributed by atoms with van der Waals surface area (Å²) in [6.45, 7) is 5.50. The SMILES string of the molecule is CC(=O)c1cccc(-c2cccc(N3CC(C(=O)NC(C)C)C(=O)c4cccnc43)c2)c1. The second-order valence-electron chi connectivity index (χ2n) is 8.25. The molecule has 0 bridgehead atoms. The van der Waals surface area contributed by atoms with Gasteiger partial charge in [-0.05, 0) is 62.2 Å². The molecule has 1 unspecified atom stereocenters. The number of fused-ring (bicyclic) bond motifs is 1. The van der Waals surface area contributed by atoms with E-state index < -0.39 is 5.92 Å². The van der Waals surface area contributed by atoms with Crippen LogP contribution in [0.2, 0.25) is 0 Å². The predicted octanol–water partition coefficient (Wildman–Crippen LogP) is 4.43. The number of carbonyl (C=O) groups excluding carboxylic acids is 3. The third-order valence-corrected chi connectivity index (χ3v) is 5.50. The number of hydrogen-bond donors (Lipinski definition) is 1. The first-order valence-electron chi connectivity index (χ1n) is 10.6. The number of Topliss-reactive ketones (excluding diaryl/α,β-unsaturated/α-hetero) is 2. The van der Waals surface area contributed by atoms with Crippen LogP contribution in [-0.4, -0.2) is 35.0 Å². The average molecular weight is 428 g/mol. The normalized spacial score (nSPS) is 15.4. The third kappa shape index (κ3) is 4.17. The molecule has 4 rings (SSSR count). The fraction of sp³-hybridized carbons (Fsp3) is 0.231. The Morgan fingerprint density at radius 1 is 1.03 bits per heavy atom. The molecule has 1 aromatic heterocycles. The van der Waals surface area contributed by atoms with Gasteiger partial charge in [0.2, 0.25) is 5.91 Å². The minimum atomic E-state index is -0.821. The van der Waals surface area contributed by atoms with Crippen LogP contribution in [0.4, 0.5) is 11.5 Å². The number of benzene rings is 2. The Balaban J connectivity index is 1.75. The van der Waals surface area contributed by atoms with Crippen molar-refractivity contribution in [3.63, 3.8) is 0 Å². The highest BCUT2D eigenvalue weighted by molar-refractivity contribution is 6.14. The summed E-state index contributed by atoms with van der Waals surface area (Å²) >= 11 is 0. The topological polar surface area (TPSA) is 79.4 Å². The first-order valence-corrected chi connectivity index (χ1v) is 10.6. The third-order valence-electron chi connectivity index (χ3n) is 5.50. The van der Waals surface area contributed by atoms with Gasteiger partial charge in [-0.2, -0.15) is 0 Å². The molecule has 1 atom stereocenters. The molecule has 1 aliphatic rings. The molecule has 1 amide bonds. The summed E-state index contributed by atoms with van der Waals surface area (Å²) in [4.78, 5) is 44.0. The van der Waals surface area contributed by atoms with Crippen LogP contribution in [0.3, 0.4) is 0 Å². The molecular formula is C26H25N3O3. The molecule has 0 radical (unpaired) electrons. The maximum Gasteiger partial charge on any atom is 0.232 e. The lowest BCUT2D eigenvalue weighted by Crippen LogP contribution is -2.47. The summed E-state index contributed by atoms with van der Waals surface area (Å²) in [6.07, 6.45) is 1.65. The molecule has 0 spiro atoms. The van der Waals surface area contributed by atoms with Crippen molar-refractivity contribution in [1.82, 2.24) is 10.3 Å². The Bertz CT molecular complexity index is 1200. The molecule has 0 aliphatic carbocycles. The van der Waals surface area contributed by atoms with Crippen LogP contribution in [0.5, 0.6) is 0 Å². The van der Waals surface area contributed by atoms with E-state index in [-0.39, 0.29) is 30.1 Å². The largest absolute Gasteiger partial charge is 0.353 e. The Labute approximate surface area is 187 Å². The highest BCUT2D eigenvalue weighted by atomic mass is 16.2. The monoisotopic (exact) mass is 427 g/mol. The maximum absolute atomic E-state index is 13.0. The first-order chi connectivity index (χ1) is 15.3. The van der Waals surface area contributed by atoms with E-state index in [0.717, 1.165) is 16.8 Å². The molecule has 1 aliphatic heterocycles. The van der Waals surface area contributed by atoms with E-state index in [9.17, 15) is 14.4 Å². The van der Waals surface area contributed by atoms with Crippen LogP contribution in [0.15, 0.2) is 66.9 Å². The van der Waals surface area contributed by atoms with Crippen LogP contribution in [0.1, 0.15) is 41.5 Å². The van der Waals surface area contributed by atoms with Gasteiger partial charge in [0.05, 0.1) is 5.56 Å². The summed E-state index contributed by atoms with van der Waals surface area (Å²) in [7, 11) is 0. The molecule has 162 valence electrons. The predicted molar refractivity (Wildman–Crippen MR) is 124 cm³/mol. The van der Waals surface area contributed by atoms with Crippen LogP contribution in [-0.2, 0) is 4.79 Å². The van der Waals surface area contributed by atoms with Gasteiger partial charge in [-0.3, -0.25) is 14.4 Å². The Hall–Kier alpha value is -3.80. The van der Waals surface area contributed by atoms with Crippen LogP contribution in [0.25, 0.3) is 11.1 Å². The zero-order valence-corrected chi connectivity index (χ0v) is 18.3. The van der Waals surface area contributed by atoms with Crippen molar-refractivity contribution in [1.29, 1.82) is 0 Å². The van der Waals surface area contributed by atoms with Gasteiger partial charge in [-0.1, -0.05) is 30.3 Å². The average Bonchev–Trinajstić information content (AvgIpc) is 2.79. The molecule has 3 aromatic rings. The highest BCUT2D eigenvalue weighted by Crippen LogP contribution is 2.35. The molecule has 1 N–H and O–H groups in total. The van der Waals surface area contributed by atoms with Gasteiger partial charge in [-0.15, -0.1) is 0 Å². The van der Waals surface area contributed by atoms with Crippen molar-refractivity contribution in [2.45, 2.75) is 26.8 Å².